The van der Waals surface area contributed by atoms with Crippen LogP contribution in [-0.4, -0.2) is 5.71 Å². The van der Waals surface area contributed by atoms with E-state index in [0.29, 0.717) is 16.3 Å². The zero-order valence-electron chi connectivity index (χ0n) is 14.5. The standard InChI is InChI=1S/C22H16ClF2NS/c1-15-2-7-18(8-3-15)26-22(20-11-4-16(23)14-21(20)25)12-13-27-19-9-5-17(24)6-10-19/h2-14H,1H3/b13-12+,26-22?. The second-order valence-electron chi connectivity index (χ2n) is 5.83. The average molecular weight is 400 g/mol. The lowest BCUT2D eigenvalue weighted by Crippen LogP contribution is -2.00. The zero-order chi connectivity index (χ0) is 19.2. The first-order valence-corrected chi connectivity index (χ1v) is 9.46. The van der Waals surface area contributed by atoms with Gasteiger partial charge < -0.3 is 0 Å². The Morgan fingerprint density at radius 1 is 0.963 bits per heavy atom. The molecule has 0 saturated carbocycles. The summed E-state index contributed by atoms with van der Waals surface area (Å²) in [5, 5.41) is 2.13. The molecule has 5 heteroatoms. The fourth-order valence-corrected chi connectivity index (χ4v) is 3.14. The van der Waals surface area contributed by atoms with Crippen molar-refractivity contribution < 1.29 is 8.78 Å². The molecular weight excluding hydrogens is 384 g/mol. The van der Waals surface area contributed by atoms with Crippen molar-refractivity contribution in [1.82, 2.24) is 0 Å². The largest absolute Gasteiger partial charge is 0.248 e. The van der Waals surface area contributed by atoms with Gasteiger partial charge in [0.05, 0.1) is 11.4 Å². The van der Waals surface area contributed by atoms with E-state index in [4.69, 9.17) is 11.6 Å². The number of aryl methyl sites for hydroxylation is 1. The Morgan fingerprint density at radius 2 is 1.67 bits per heavy atom. The number of hydrogen-bond donors (Lipinski definition) is 0. The average Bonchev–Trinajstić information content (AvgIpc) is 2.64. The van der Waals surface area contributed by atoms with Crippen molar-refractivity contribution in [1.29, 1.82) is 0 Å². The summed E-state index contributed by atoms with van der Waals surface area (Å²) in [5.74, 6) is -0.724. The van der Waals surface area contributed by atoms with Crippen molar-refractivity contribution in [3.05, 3.63) is 106 Å². The predicted molar refractivity (Wildman–Crippen MR) is 110 cm³/mol. The zero-order valence-corrected chi connectivity index (χ0v) is 16.1. The van der Waals surface area contributed by atoms with Gasteiger partial charge in [-0.3, -0.25) is 0 Å². The number of aliphatic imine (C=N–C) groups is 1. The Balaban J connectivity index is 1.92. The van der Waals surface area contributed by atoms with E-state index in [1.807, 2.05) is 31.2 Å². The lowest BCUT2D eigenvalue weighted by molar-refractivity contribution is 0.625. The smallest absolute Gasteiger partial charge is 0.134 e. The Kier molecular flexibility index (Phi) is 6.43. The second-order valence-corrected chi connectivity index (χ2v) is 7.25. The molecule has 136 valence electrons. The summed E-state index contributed by atoms with van der Waals surface area (Å²) in [7, 11) is 0. The summed E-state index contributed by atoms with van der Waals surface area (Å²) in [6.45, 7) is 1.99. The van der Waals surface area contributed by atoms with Crippen LogP contribution < -0.4 is 0 Å². The van der Waals surface area contributed by atoms with Crippen molar-refractivity contribution in [2.75, 3.05) is 0 Å². The highest BCUT2D eigenvalue weighted by atomic mass is 35.5. The maximum Gasteiger partial charge on any atom is 0.134 e. The second kappa shape index (κ2) is 8.98. The van der Waals surface area contributed by atoms with Crippen molar-refractivity contribution in [3.63, 3.8) is 0 Å². The fraction of sp³-hybridized carbons (Fsp3) is 0.0455. The van der Waals surface area contributed by atoms with Crippen LogP contribution in [0.4, 0.5) is 14.5 Å². The van der Waals surface area contributed by atoms with Gasteiger partial charge >= 0.3 is 0 Å². The van der Waals surface area contributed by atoms with Gasteiger partial charge in [-0.15, -0.1) is 0 Å². The molecule has 1 nitrogen and oxygen atoms in total. The van der Waals surface area contributed by atoms with Gasteiger partial charge in [0.1, 0.15) is 11.6 Å². The molecule has 0 aliphatic rings. The Labute approximate surface area is 166 Å². The van der Waals surface area contributed by atoms with Crippen molar-refractivity contribution in [2.45, 2.75) is 11.8 Å². The van der Waals surface area contributed by atoms with E-state index in [2.05, 4.69) is 4.99 Å². The van der Waals surface area contributed by atoms with Crippen LogP contribution in [-0.2, 0) is 0 Å². The molecule has 0 N–H and O–H groups in total. The highest BCUT2D eigenvalue weighted by molar-refractivity contribution is 8.02. The van der Waals surface area contributed by atoms with Gasteiger partial charge in [-0.1, -0.05) is 41.1 Å². The Bertz CT molecular complexity index is 980. The summed E-state index contributed by atoms with van der Waals surface area (Å²) >= 11 is 7.26. The molecule has 3 aromatic rings. The fourth-order valence-electron chi connectivity index (χ4n) is 2.33. The molecule has 0 fully saturated rings. The van der Waals surface area contributed by atoms with E-state index in [1.54, 1.807) is 35.7 Å². The van der Waals surface area contributed by atoms with E-state index in [9.17, 15) is 8.78 Å². The molecule has 0 amide bonds. The maximum atomic E-state index is 14.4. The molecule has 0 spiro atoms. The first-order chi connectivity index (χ1) is 13.0. The van der Waals surface area contributed by atoms with Gasteiger partial charge in [0, 0.05) is 15.5 Å². The highest BCUT2D eigenvalue weighted by Crippen LogP contribution is 2.23. The minimum Gasteiger partial charge on any atom is -0.248 e. The molecule has 0 heterocycles. The number of hydrogen-bond acceptors (Lipinski definition) is 2. The molecule has 0 unspecified atom stereocenters. The van der Waals surface area contributed by atoms with Crippen LogP contribution in [0.2, 0.25) is 5.02 Å². The van der Waals surface area contributed by atoms with Gasteiger partial charge in [-0.25, -0.2) is 13.8 Å². The number of halogens is 3. The van der Waals surface area contributed by atoms with Crippen molar-refractivity contribution >= 4 is 34.8 Å². The van der Waals surface area contributed by atoms with Crippen molar-refractivity contribution in [3.8, 4) is 0 Å². The molecule has 0 aromatic heterocycles. The van der Waals surface area contributed by atoms with Crippen LogP contribution in [0.15, 0.2) is 88.1 Å². The monoisotopic (exact) mass is 399 g/mol. The molecule has 0 bridgehead atoms. The lowest BCUT2D eigenvalue weighted by atomic mass is 10.1. The lowest BCUT2D eigenvalue weighted by Gasteiger charge is -2.05. The molecule has 0 radical (unpaired) electrons. The SMILES string of the molecule is Cc1ccc(N=C(/C=C/Sc2ccc(F)cc2)c2ccc(Cl)cc2F)cc1. The number of benzene rings is 3. The van der Waals surface area contributed by atoms with Gasteiger partial charge in [-0.2, -0.15) is 0 Å². The first-order valence-electron chi connectivity index (χ1n) is 8.21. The van der Waals surface area contributed by atoms with Gasteiger partial charge in [0.15, 0.2) is 0 Å². The molecule has 0 aliphatic heterocycles. The Morgan fingerprint density at radius 3 is 2.33 bits per heavy atom. The quantitative estimate of drug-likeness (QED) is 0.322. The normalized spacial score (nSPS) is 11.9. The third-order valence-electron chi connectivity index (χ3n) is 3.73. The summed E-state index contributed by atoms with van der Waals surface area (Å²) in [4.78, 5) is 5.45. The molecule has 0 atom stereocenters. The minimum absolute atomic E-state index is 0.284. The van der Waals surface area contributed by atoms with Gasteiger partial charge in [0.2, 0.25) is 0 Å². The third kappa shape index (κ3) is 5.52. The molecule has 3 aromatic carbocycles. The number of rotatable bonds is 5. The van der Waals surface area contributed by atoms with Crippen LogP contribution >= 0.6 is 23.4 Å². The third-order valence-corrected chi connectivity index (χ3v) is 4.79. The van der Waals surface area contributed by atoms with Crippen LogP contribution in [0.1, 0.15) is 11.1 Å². The van der Waals surface area contributed by atoms with Gasteiger partial charge in [0.25, 0.3) is 0 Å². The van der Waals surface area contributed by atoms with E-state index < -0.39 is 5.82 Å². The summed E-state index contributed by atoms with van der Waals surface area (Å²) in [6, 6.07) is 18.3. The van der Waals surface area contributed by atoms with Crippen LogP contribution in [0.3, 0.4) is 0 Å². The summed E-state index contributed by atoms with van der Waals surface area (Å²) < 4.78 is 27.4. The van der Waals surface area contributed by atoms with Crippen LogP contribution in [0, 0.1) is 18.6 Å². The number of allylic oxidation sites excluding steroid dienone is 1. The van der Waals surface area contributed by atoms with Crippen molar-refractivity contribution in [2.24, 2.45) is 4.99 Å². The topological polar surface area (TPSA) is 12.4 Å². The number of nitrogens with zero attached hydrogens (tertiary/aromatic N) is 1. The molecular formula is C22H16ClF2NS. The minimum atomic E-state index is -0.440. The van der Waals surface area contributed by atoms with E-state index >= 15 is 0 Å². The number of thioether (sulfide) groups is 1. The molecule has 0 aliphatic carbocycles. The molecule has 0 saturated heterocycles. The van der Waals surface area contributed by atoms with E-state index in [-0.39, 0.29) is 5.82 Å². The van der Waals surface area contributed by atoms with Crippen LogP contribution in [0.5, 0.6) is 0 Å². The van der Waals surface area contributed by atoms with Crippen LogP contribution in [0.25, 0.3) is 0 Å². The Hall–Kier alpha value is -2.43. The van der Waals surface area contributed by atoms with E-state index in [0.717, 1.165) is 16.1 Å². The first kappa shape index (κ1) is 19.3. The molecule has 3 rings (SSSR count). The maximum absolute atomic E-state index is 14.4. The van der Waals surface area contributed by atoms with E-state index in [1.165, 1.54) is 30.0 Å². The highest BCUT2D eigenvalue weighted by Gasteiger charge is 2.08. The molecule has 27 heavy (non-hydrogen) atoms. The van der Waals surface area contributed by atoms with Gasteiger partial charge in [-0.05, 0) is 73.0 Å². The summed E-state index contributed by atoms with van der Waals surface area (Å²) in [6.07, 6.45) is 1.74. The predicted octanol–water partition coefficient (Wildman–Crippen LogP) is 7.35. The summed E-state index contributed by atoms with van der Waals surface area (Å²) in [5.41, 5.74) is 2.68.